The molecule has 0 unspecified atom stereocenters. The van der Waals surface area contributed by atoms with Crippen LogP contribution in [-0.4, -0.2) is 19.2 Å². The molecule has 4 aromatic carbocycles. The smallest absolute Gasteiger partial charge is 0.333 e. The van der Waals surface area contributed by atoms with Crippen molar-refractivity contribution in [3.05, 3.63) is 127 Å². The van der Waals surface area contributed by atoms with Crippen molar-refractivity contribution in [1.29, 1.82) is 0 Å². The molecular formula is C31H29NO3. The molecule has 0 atom stereocenters. The second-order valence-corrected chi connectivity index (χ2v) is 8.22. The van der Waals surface area contributed by atoms with Crippen molar-refractivity contribution in [1.82, 2.24) is 0 Å². The van der Waals surface area contributed by atoms with Crippen molar-refractivity contribution in [3.63, 3.8) is 0 Å². The van der Waals surface area contributed by atoms with Gasteiger partial charge >= 0.3 is 5.97 Å². The Bertz CT molecular complexity index is 1190. The lowest BCUT2D eigenvalue weighted by Crippen LogP contribution is -2.10. The summed E-state index contributed by atoms with van der Waals surface area (Å²) in [5.41, 5.74) is 7.08. The first-order valence-corrected chi connectivity index (χ1v) is 11.6. The van der Waals surface area contributed by atoms with E-state index in [1.165, 1.54) is 0 Å². The Hall–Kier alpha value is -4.15. The fourth-order valence-corrected chi connectivity index (χ4v) is 3.70. The van der Waals surface area contributed by atoms with Gasteiger partial charge in [0.15, 0.2) is 0 Å². The first kappa shape index (κ1) is 24.0. The number of carbonyl (C=O) groups excluding carboxylic acids is 1. The maximum atomic E-state index is 11.4. The SMILES string of the molecule is C=C(C)C(=O)OCCOCc1ccc(-c2ccc(N(c3ccccc3)c3ccccc3)cc2)cc1. The Morgan fingerprint density at radius 3 is 1.69 bits per heavy atom. The van der Waals surface area contributed by atoms with Gasteiger partial charge in [-0.3, -0.25) is 0 Å². The highest BCUT2D eigenvalue weighted by Crippen LogP contribution is 2.35. The van der Waals surface area contributed by atoms with E-state index in [4.69, 9.17) is 9.47 Å². The number of hydrogen-bond acceptors (Lipinski definition) is 4. The molecule has 0 saturated carbocycles. The number of esters is 1. The molecule has 0 saturated heterocycles. The molecule has 0 N–H and O–H groups in total. The van der Waals surface area contributed by atoms with Gasteiger partial charge in [0.05, 0.1) is 13.2 Å². The first-order chi connectivity index (χ1) is 17.1. The molecule has 0 heterocycles. The van der Waals surface area contributed by atoms with E-state index in [0.29, 0.717) is 18.8 Å². The minimum Gasteiger partial charge on any atom is -0.460 e. The highest BCUT2D eigenvalue weighted by atomic mass is 16.6. The van der Waals surface area contributed by atoms with E-state index in [0.717, 1.165) is 33.8 Å². The van der Waals surface area contributed by atoms with Crippen LogP contribution >= 0.6 is 0 Å². The van der Waals surface area contributed by atoms with Gasteiger partial charge in [-0.05, 0) is 60.0 Å². The average molecular weight is 464 g/mol. The van der Waals surface area contributed by atoms with Crippen LogP contribution in [-0.2, 0) is 20.9 Å². The molecule has 0 radical (unpaired) electrons. The first-order valence-electron chi connectivity index (χ1n) is 11.6. The molecule has 4 rings (SSSR count). The zero-order valence-corrected chi connectivity index (χ0v) is 19.9. The van der Waals surface area contributed by atoms with Crippen LogP contribution < -0.4 is 4.90 Å². The lowest BCUT2D eigenvalue weighted by Gasteiger charge is -2.25. The van der Waals surface area contributed by atoms with Gasteiger partial charge in [-0.2, -0.15) is 0 Å². The molecule has 0 spiro atoms. The predicted molar refractivity (Wildman–Crippen MR) is 142 cm³/mol. The number of benzene rings is 4. The lowest BCUT2D eigenvalue weighted by molar-refractivity contribution is -0.140. The van der Waals surface area contributed by atoms with E-state index in [1.54, 1.807) is 6.92 Å². The monoisotopic (exact) mass is 463 g/mol. The van der Waals surface area contributed by atoms with Crippen LogP contribution in [0.15, 0.2) is 121 Å². The summed E-state index contributed by atoms with van der Waals surface area (Å²) in [5.74, 6) is -0.389. The van der Waals surface area contributed by atoms with Crippen molar-refractivity contribution in [2.45, 2.75) is 13.5 Å². The van der Waals surface area contributed by atoms with Crippen LogP contribution in [0.3, 0.4) is 0 Å². The minimum atomic E-state index is -0.389. The zero-order valence-electron chi connectivity index (χ0n) is 19.9. The molecular weight excluding hydrogens is 434 g/mol. The van der Waals surface area contributed by atoms with Crippen molar-refractivity contribution in [2.24, 2.45) is 0 Å². The number of nitrogens with zero attached hydrogens (tertiary/aromatic N) is 1. The van der Waals surface area contributed by atoms with E-state index in [-0.39, 0.29) is 12.6 Å². The molecule has 4 aromatic rings. The fraction of sp³-hybridized carbons (Fsp3) is 0.129. The van der Waals surface area contributed by atoms with Gasteiger partial charge in [-0.25, -0.2) is 4.79 Å². The number of rotatable bonds is 10. The Kier molecular flexibility index (Phi) is 8.10. The summed E-state index contributed by atoms with van der Waals surface area (Å²) in [6.45, 7) is 6.22. The van der Waals surface area contributed by atoms with Gasteiger partial charge < -0.3 is 14.4 Å². The Labute approximate surface area is 207 Å². The minimum absolute atomic E-state index is 0.221. The van der Waals surface area contributed by atoms with Crippen LogP contribution in [0.4, 0.5) is 17.1 Å². The van der Waals surface area contributed by atoms with Gasteiger partial charge in [0.2, 0.25) is 0 Å². The number of carbonyl (C=O) groups is 1. The normalized spacial score (nSPS) is 10.5. The molecule has 0 aliphatic carbocycles. The third kappa shape index (κ3) is 6.46. The molecule has 0 aliphatic rings. The summed E-state index contributed by atoms with van der Waals surface area (Å²) in [7, 11) is 0. The van der Waals surface area contributed by atoms with Gasteiger partial charge in [0.1, 0.15) is 6.61 Å². The van der Waals surface area contributed by atoms with Gasteiger partial charge in [0.25, 0.3) is 0 Å². The number of anilines is 3. The summed E-state index contributed by atoms with van der Waals surface area (Å²) >= 11 is 0. The molecule has 176 valence electrons. The number of para-hydroxylation sites is 2. The van der Waals surface area contributed by atoms with Crippen LogP contribution in [0.2, 0.25) is 0 Å². The van der Waals surface area contributed by atoms with E-state index in [1.807, 2.05) is 12.1 Å². The zero-order chi connectivity index (χ0) is 24.5. The van der Waals surface area contributed by atoms with Crippen molar-refractivity contribution >= 4 is 23.0 Å². The molecule has 0 fully saturated rings. The average Bonchev–Trinajstić information content (AvgIpc) is 2.90. The lowest BCUT2D eigenvalue weighted by atomic mass is 10.0. The highest BCUT2D eigenvalue weighted by molar-refractivity contribution is 5.86. The van der Waals surface area contributed by atoms with Crippen LogP contribution in [0, 0.1) is 0 Å². The maximum absolute atomic E-state index is 11.4. The molecule has 4 nitrogen and oxygen atoms in total. The van der Waals surface area contributed by atoms with Gasteiger partial charge in [-0.1, -0.05) is 79.4 Å². The quantitative estimate of drug-likeness (QED) is 0.139. The van der Waals surface area contributed by atoms with E-state index in [2.05, 4.69) is 109 Å². The largest absolute Gasteiger partial charge is 0.460 e. The fourth-order valence-electron chi connectivity index (χ4n) is 3.70. The van der Waals surface area contributed by atoms with Crippen molar-refractivity contribution in [2.75, 3.05) is 18.1 Å². The van der Waals surface area contributed by atoms with Crippen LogP contribution in [0.5, 0.6) is 0 Å². The third-order valence-corrected chi connectivity index (χ3v) is 5.52. The number of hydrogen-bond donors (Lipinski definition) is 0. The van der Waals surface area contributed by atoms with Crippen LogP contribution in [0.1, 0.15) is 12.5 Å². The Morgan fingerprint density at radius 2 is 1.17 bits per heavy atom. The highest BCUT2D eigenvalue weighted by Gasteiger charge is 2.12. The van der Waals surface area contributed by atoms with Crippen molar-refractivity contribution in [3.8, 4) is 11.1 Å². The molecule has 4 heteroatoms. The molecule has 0 amide bonds. The van der Waals surface area contributed by atoms with Crippen molar-refractivity contribution < 1.29 is 14.3 Å². The summed E-state index contributed by atoms with van der Waals surface area (Å²) < 4.78 is 10.6. The maximum Gasteiger partial charge on any atom is 0.333 e. The van der Waals surface area contributed by atoms with E-state index >= 15 is 0 Å². The predicted octanol–water partition coefficient (Wildman–Crippen LogP) is 7.46. The van der Waals surface area contributed by atoms with E-state index < -0.39 is 0 Å². The topological polar surface area (TPSA) is 38.8 Å². The summed E-state index contributed by atoms with van der Waals surface area (Å²) in [5, 5.41) is 0. The van der Waals surface area contributed by atoms with Gasteiger partial charge in [0, 0.05) is 22.6 Å². The Balaban J connectivity index is 1.41. The molecule has 0 aliphatic heterocycles. The second kappa shape index (κ2) is 11.8. The number of ether oxygens (including phenoxy) is 2. The second-order valence-electron chi connectivity index (χ2n) is 8.22. The molecule has 0 aromatic heterocycles. The molecule has 35 heavy (non-hydrogen) atoms. The summed E-state index contributed by atoms with van der Waals surface area (Å²) in [4.78, 5) is 13.6. The van der Waals surface area contributed by atoms with E-state index in [9.17, 15) is 4.79 Å². The summed E-state index contributed by atoms with van der Waals surface area (Å²) in [6.07, 6.45) is 0. The third-order valence-electron chi connectivity index (χ3n) is 5.52. The van der Waals surface area contributed by atoms with Gasteiger partial charge in [-0.15, -0.1) is 0 Å². The Morgan fingerprint density at radius 1 is 0.686 bits per heavy atom. The summed E-state index contributed by atoms with van der Waals surface area (Å²) in [6, 6.07) is 37.7. The standard InChI is InChI=1S/C31H29NO3/c1-24(2)31(33)35-22-21-34-23-25-13-15-26(16-14-25)27-17-19-30(20-18-27)32(28-9-5-3-6-10-28)29-11-7-4-8-12-29/h3-20H,1,21-23H2,2H3. The molecule has 0 bridgehead atoms. The van der Waals surface area contributed by atoms with Crippen LogP contribution in [0.25, 0.3) is 11.1 Å².